The summed E-state index contributed by atoms with van der Waals surface area (Å²) in [5, 5.41) is 26.4. The van der Waals surface area contributed by atoms with E-state index in [2.05, 4.69) is 15.9 Å². The molecule has 0 spiro atoms. The molecule has 56 valence electrons. The van der Waals surface area contributed by atoms with Gasteiger partial charge in [-0.05, 0) is 12.1 Å². The third kappa shape index (κ3) is 1.44. The van der Waals surface area contributed by atoms with E-state index in [1.807, 2.05) is 0 Å². The summed E-state index contributed by atoms with van der Waals surface area (Å²) in [5.41, 5.74) is 0.0527. The van der Waals surface area contributed by atoms with Crippen LogP contribution in [0.2, 0.25) is 0 Å². The van der Waals surface area contributed by atoms with Crippen LogP contribution in [0.1, 0.15) is 5.56 Å². The third-order valence-corrected chi connectivity index (χ3v) is 1.63. The van der Waals surface area contributed by atoms with E-state index in [0.717, 1.165) is 0 Å². The Morgan fingerprint density at radius 3 is 2.55 bits per heavy atom. The summed E-state index contributed by atoms with van der Waals surface area (Å²) in [7, 11) is 0. The largest absolute Gasteiger partial charge is 0.504 e. The predicted octanol–water partition coefficient (Wildman–Crippen LogP) is 1.73. The highest BCUT2D eigenvalue weighted by Crippen LogP contribution is 2.31. The van der Waals surface area contributed by atoms with Crippen LogP contribution in [0.5, 0.6) is 11.5 Å². The number of halogens is 1. The molecule has 0 heterocycles. The molecule has 0 unspecified atom stereocenters. The van der Waals surface area contributed by atoms with Gasteiger partial charge < -0.3 is 10.2 Å². The predicted molar refractivity (Wildman–Crippen MR) is 42.2 cm³/mol. The summed E-state index contributed by atoms with van der Waals surface area (Å²) in [6.07, 6.45) is 0. The van der Waals surface area contributed by atoms with E-state index in [1.54, 1.807) is 6.07 Å². The molecule has 0 amide bonds. The number of nitriles is 1. The van der Waals surface area contributed by atoms with Gasteiger partial charge in [-0.15, -0.1) is 0 Å². The van der Waals surface area contributed by atoms with Gasteiger partial charge in [-0.1, -0.05) is 15.9 Å². The Labute approximate surface area is 71.6 Å². The maximum atomic E-state index is 9.03. The fourth-order valence-electron chi connectivity index (χ4n) is 0.670. The van der Waals surface area contributed by atoms with E-state index in [1.165, 1.54) is 12.1 Å². The Hall–Kier alpha value is -1.21. The van der Waals surface area contributed by atoms with Crippen LogP contribution in [-0.4, -0.2) is 10.2 Å². The van der Waals surface area contributed by atoms with Crippen molar-refractivity contribution >= 4 is 15.9 Å². The summed E-state index contributed by atoms with van der Waals surface area (Å²) in [6.45, 7) is 0. The van der Waals surface area contributed by atoms with Crippen molar-refractivity contribution in [3.05, 3.63) is 22.2 Å². The van der Waals surface area contributed by atoms with E-state index in [0.29, 0.717) is 4.47 Å². The van der Waals surface area contributed by atoms with E-state index in [9.17, 15) is 0 Å². The highest BCUT2D eigenvalue weighted by atomic mass is 79.9. The Bertz CT molecular complexity index is 330. The zero-order chi connectivity index (χ0) is 8.43. The quantitative estimate of drug-likeness (QED) is 0.646. The second-order valence-corrected chi connectivity index (χ2v) is 2.85. The number of nitrogens with zero attached hydrogens (tertiary/aromatic N) is 1. The molecule has 4 heteroatoms. The van der Waals surface area contributed by atoms with Gasteiger partial charge in [0.15, 0.2) is 11.5 Å². The van der Waals surface area contributed by atoms with Crippen molar-refractivity contribution in [2.45, 2.75) is 0 Å². The Morgan fingerprint density at radius 2 is 2.00 bits per heavy atom. The molecule has 0 aliphatic heterocycles. The van der Waals surface area contributed by atoms with E-state index < -0.39 is 0 Å². The monoisotopic (exact) mass is 213 g/mol. The lowest BCUT2D eigenvalue weighted by Gasteiger charge is -1.99. The van der Waals surface area contributed by atoms with Crippen LogP contribution in [0.3, 0.4) is 0 Å². The molecule has 11 heavy (non-hydrogen) atoms. The molecule has 1 rings (SSSR count). The van der Waals surface area contributed by atoms with Crippen molar-refractivity contribution in [2.24, 2.45) is 0 Å². The smallest absolute Gasteiger partial charge is 0.175 e. The second kappa shape index (κ2) is 2.81. The molecule has 1 aromatic carbocycles. The first-order valence-corrected chi connectivity index (χ1v) is 3.56. The first-order valence-electron chi connectivity index (χ1n) is 2.76. The average molecular weight is 214 g/mol. The molecule has 0 saturated heterocycles. The van der Waals surface area contributed by atoms with E-state index in [4.69, 9.17) is 15.5 Å². The van der Waals surface area contributed by atoms with Crippen LogP contribution < -0.4 is 0 Å². The van der Waals surface area contributed by atoms with Crippen molar-refractivity contribution in [1.29, 1.82) is 5.26 Å². The lowest BCUT2D eigenvalue weighted by Crippen LogP contribution is -1.77. The second-order valence-electron chi connectivity index (χ2n) is 1.93. The van der Waals surface area contributed by atoms with Gasteiger partial charge in [0.2, 0.25) is 0 Å². The number of hydrogen-bond donors (Lipinski definition) is 2. The van der Waals surface area contributed by atoms with Gasteiger partial charge >= 0.3 is 0 Å². The maximum absolute atomic E-state index is 9.03. The minimum Gasteiger partial charge on any atom is -0.504 e. The van der Waals surface area contributed by atoms with Crippen LogP contribution >= 0.6 is 15.9 Å². The minimum absolute atomic E-state index is 0.0527. The normalized spacial score (nSPS) is 9.09. The summed E-state index contributed by atoms with van der Waals surface area (Å²) in [6, 6.07) is 4.48. The lowest BCUT2D eigenvalue weighted by atomic mass is 10.2. The summed E-state index contributed by atoms with van der Waals surface area (Å²) < 4.78 is 0.560. The highest BCUT2D eigenvalue weighted by molar-refractivity contribution is 9.10. The fourth-order valence-corrected chi connectivity index (χ4v) is 1.12. The molecule has 0 aliphatic carbocycles. The molecule has 0 radical (unpaired) electrons. The van der Waals surface area contributed by atoms with Gasteiger partial charge in [-0.2, -0.15) is 5.26 Å². The third-order valence-electron chi connectivity index (χ3n) is 1.18. The van der Waals surface area contributed by atoms with Gasteiger partial charge in [0.1, 0.15) is 6.07 Å². The average Bonchev–Trinajstić information content (AvgIpc) is 1.96. The molecular formula is C7H4BrNO2. The topological polar surface area (TPSA) is 64.2 Å². The number of phenolic OH excluding ortho intramolecular Hbond substituents is 2. The number of hydrogen-bond acceptors (Lipinski definition) is 3. The molecule has 0 fully saturated rings. The zero-order valence-corrected chi connectivity index (χ0v) is 6.96. The number of aromatic hydroxyl groups is 2. The van der Waals surface area contributed by atoms with Crippen molar-refractivity contribution in [1.82, 2.24) is 0 Å². The van der Waals surface area contributed by atoms with E-state index in [-0.39, 0.29) is 17.1 Å². The van der Waals surface area contributed by atoms with Crippen molar-refractivity contribution in [2.75, 3.05) is 0 Å². The van der Waals surface area contributed by atoms with Gasteiger partial charge in [0.05, 0.1) is 5.56 Å². The van der Waals surface area contributed by atoms with Gasteiger partial charge in [-0.25, -0.2) is 0 Å². The van der Waals surface area contributed by atoms with Crippen molar-refractivity contribution < 1.29 is 10.2 Å². The fraction of sp³-hybridized carbons (Fsp3) is 0. The Kier molecular flexibility index (Phi) is 2.01. The molecule has 0 atom stereocenters. The van der Waals surface area contributed by atoms with Gasteiger partial charge in [0, 0.05) is 4.47 Å². The zero-order valence-electron chi connectivity index (χ0n) is 5.37. The molecule has 3 nitrogen and oxygen atoms in total. The molecule has 1 aromatic rings. The number of benzene rings is 1. The Morgan fingerprint density at radius 1 is 1.36 bits per heavy atom. The van der Waals surface area contributed by atoms with Crippen LogP contribution in [0.15, 0.2) is 16.6 Å². The minimum atomic E-state index is -0.379. The first-order chi connectivity index (χ1) is 5.15. The Balaban J connectivity index is 3.39. The maximum Gasteiger partial charge on any atom is 0.175 e. The first kappa shape index (κ1) is 7.89. The summed E-state index contributed by atoms with van der Waals surface area (Å²) >= 11 is 3.07. The standard InChI is InChI=1S/C7H4BrNO2/c8-5-1-4(3-9)7(11)6(10)2-5/h1-2,10-11H. The summed E-state index contributed by atoms with van der Waals surface area (Å²) in [4.78, 5) is 0. The van der Waals surface area contributed by atoms with Crippen LogP contribution in [0.4, 0.5) is 0 Å². The number of rotatable bonds is 0. The number of phenols is 2. The molecule has 2 N–H and O–H groups in total. The molecule has 0 aromatic heterocycles. The van der Waals surface area contributed by atoms with Crippen LogP contribution in [0, 0.1) is 11.3 Å². The molecular weight excluding hydrogens is 210 g/mol. The van der Waals surface area contributed by atoms with E-state index >= 15 is 0 Å². The lowest BCUT2D eigenvalue weighted by molar-refractivity contribution is 0.402. The van der Waals surface area contributed by atoms with Crippen molar-refractivity contribution in [3.63, 3.8) is 0 Å². The van der Waals surface area contributed by atoms with Crippen molar-refractivity contribution in [3.8, 4) is 17.6 Å². The molecule has 0 aliphatic rings. The summed E-state index contributed by atoms with van der Waals surface area (Å²) in [5.74, 6) is -0.674. The van der Waals surface area contributed by atoms with Crippen LogP contribution in [-0.2, 0) is 0 Å². The molecule has 0 saturated carbocycles. The SMILES string of the molecule is N#Cc1cc(Br)cc(O)c1O. The van der Waals surface area contributed by atoms with Gasteiger partial charge in [0.25, 0.3) is 0 Å². The van der Waals surface area contributed by atoms with Gasteiger partial charge in [-0.3, -0.25) is 0 Å². The van der Waals surface area contributed by atoms with Crippen LogP contribution in [0.25, 0.3) is 0 Å². The highest BCUT2D eigenvalue weighted by Gasteiger charge is 2.06. The molecule has 0 bridgehead atoms.